The Kier molecular flexibility index (Phi) is 5.55. The third-order valence-corrected chi connectivity index (χ3v) is 3.93. The average Bonchev–Trinajstić information content (AvgIpc) is 2.27. The van der Waals surface area contributed by atoms with E-state index in [-0.39, 0.29) is 24.0 Å². The van der Waals surface area contributed by atoms with E-state index in [4.69, 9.17) is 15.4 Å². The molecule has 0 N–H and O–H groups in total. The van der Waals surface area contributed by atoms with Gasteiger partial charge in [-0.1, -0.05) is 19.9 Å². The molecule has 1 atom stereocenters. The average molecular weight is 313 g/mol. The lowest BCUT2D eigenvalue weighted by atomic mass is 9.99. The van der Waals surface area contributed by atoms with Crippen molar-refractivity contribution in [1.29, 1.82) is 0 Å². The number of hydrogen-bond acceptors (Lipinski definition) is 3. The lowest BCUT2D eigenvalue weighted by molar-refractivity contribution is 0.215. The summed E-state index contributed by atoms with van der Waals surface area (Å²) in [7, 11) is 1.53. The minimum atomic E-state index is -3.67. The zero-order chi connectivity index (χ0) is 14.6. The number of ether oxygens (including phenoxy) is 1. The molecule has 1 unspecified atom stereocenters. The molecule has 1 aromatic rings. The highest BCUT2D eigenvalue weighted by Crippen LogP contribution is 2.22. The van der Waals surface area contributed by atoms with Crippen molar-refractivity contribution in [3.63, 3.8) is 0 Å². The lowest BCUT2D eigenvalue weighted by Crippen LogP contribution is -2.24. The Bertz CT molecular complexity index is 532. The van der Waals surface area contributed by atoms with Crippen LogP contribution >= 0.6 is 10.7 Å². The van der Waals surface area contributed by atoms with E-state index >= 15 is 0 Å². The summed E-state index contributed by atoms with van der Waals surface area (Å²) in [5, 5.41) is 0. The molecule has 0 aliphatic heterocycles. The van der Waals surface area contributed by atoms with Crippen LogP contribution in [0.15, 0.2) is 18.2 Å². The zero-order valence-electron chi connectivity index (χ0n) is 10.6. The second kappa shape index (κ2) is 6.52. The van der Waals surface area contributed by atoms with Crippen molar-refractivity contribution in [2.75, 3.05) is 12.4 Å². The molecule has 0 bridgehead atoms. The molecule has 19 heavy (non-hydrogen) atoms. The predicted octanol–water partition coefficient (Wildman–Crippen LogP) is 3.18. The first-order valence-corrected chi connectivity index (χ1v) is 8.17. The maximum absolute atomic E-state index is 13.3. The predicted molar refractivity (Wildman–Crippen MR) is 69.8 cm³/mol. The minimum Gasteiger partial charge on any atom is -0.490 e. The van der Waals surface area contributed by atoms with Crippen LogP contribution in [0, 0.1) is 23.5 Å². The molecule has 0 aliphatic carbocycles. The minimum absolute atomic E-state index is 0.0230. The van der Waals surface area contributed by atoms with Crippen molar-refractivity contribution < 1.29 is 21.9 Å². The number of rotatable bonds is 6. The van der Waals surface area contributed by atoms with Crippen molar-refractivity contribution >= 4 is 19.7 Å². The number of halogens is 3. The van der Waals surface area contributed by atoms with Crippen LogP contribution < -0.4 is 4.74 Å². The van der Waals surface area contributed by atoms with Gasteiger partial charge < -0.3 is 4.74 Å². The molecule has 1 aromatic carbocycles. The highest BCUT2D eigenvalue weighted by atomic mass is 35.7. The first-order chi connectivity index (χ1) is 8.70. The second-order valence-electron chi connectivity index (χ2n) is 4.57. The fourth-order valence-corrected chi connectivity index (χ4v) is 2.96. The van der Waals surface area contributed by atoms with Gasteiger partial charge in [0, 0.05) is 16.6 Å². The van der Waals surface area contributed by atoms with Crippen LogP contribution in [-0.4, -0.2) is 20.8 Å². The van der Waals surface area contributed by atoms with E-state index in [0.29, 0.717) is 0 Å². The summed E-state index contributed by atoms with van der Waals surface area (Å²) in [6, 6.07) is 3.58. The smallest absolute Gasteiger partial charge is 0.233 e. The molecule has 0 fully saturated rings. The van der Waals surface area contributed by atoms with Crippen LogP contribution in [0.4, 0.5) is 8.78 Å². The van der Waals surface area contributed by atoms with E-state index in [9.17, 15) is 17.2 Å². The van der Waals surface area contributed by atoms with Crippen LogP contribution in [0.1, 0.15) is 13.8 Å². The molecule has 108 valence electrons. The molecule has 0 spiro atoms. The molecule has 0 saturated carbocycles. The SMILES string of the molecule is CC(C)C(COc1cccc(F)c1F)CS(=O)(=O)Cl. The normalized spacial score (nSPS) is 13.6. The summed E-state index contributed by atoms with van der Waals surface area (Å²) < 4.78 is 53.6. The Balaban J connectivity index is 2.74. The molecule has 0 saturated heterocycles. The third-order valence-electron chi connectivity index (χ3n) is 2.73. The molecule has 0 aliphatic rings. The van der Waals surface area contributed by atoms with Crippen LogP contribution in [0.3, 0.4) is 0 Å². The van der Waals surface area contributed by atoms with Gasteiger partial charge in [0.1, 0.15) is 0 Å². The van der Waals surface area contributed by atoms with Gasteiger partial charge in [0.25, 0.3) is 0 Å². The summed E-state index contributed by atoms with van der Waals surface area (Å²) in [6.45, 7) is 3.56. The summed E-state index contributed by atoms with van der Waals surface area (Å²) in [5.41, 5.74) is 0. The number of benzene rings is 1. The van der Waals surface area contributed by atoms with Gasteiger partial charge in [-0.05, 0) is 18.1 Å². The van der Waals surface area contributed by atoms with Crippen molar-refractivity contribution in [2.24, 2.45) is 11.8 Å². The monoisotopic (exact) mass is 312 g/mol. The Morgan fingerprint density at radius 2 is 1.95 bits per heavy atom. The van der Waals surface area contributed by atoms with Gasteiger partial charge in [0.05, 0.1) is 12.4 Å². The Morgan fingerprint density at radius 3 is 2.47 bits per heavy atom. The molecule has 0 radical (unpaired) electrons. The van der Waals surface area contributed by atoms with Crippen LogP contribution in [0.5, 0.6) is 5.75 Å². The zero-order valence-corrected chi connectivity index (χ0v) is 12.1. The van der Waals surface area contributed by atoms with E-state index in [1.807, 2.05) is 0 Å². The molecule has 3 nitrogen and oxygen atoms in total. The highest BCUT2D eigenvalue weighted by Gasteiger charge is 2.22. The first kappa shape index (κ1) is 16.2. The van der Waals surface area contributed by atoms with Gasteiger partial charge in [-0.25, -0.2) is 12.8 Å². The Labute approximate surface area is 115 Å². The largest absolute Gasteiger partial charge is 0.490 e. The maximum Gasteiger partial charge on any atom is 0.233 e. The summed E-state index contributed by atoms with van der Waals surface area (Å²) in [6.07, 6.45) is 0. The van der Waals surface area contributed by atoms with Crippen LogP contribution in [0.25, 0.3) is 0 Å². The van der Waals surface area contributed by atoms with Crippen molar-refractivity contribution in [2.45, 2.75) is 13.8 Å². The Hall–Kier alpha value is -0.880. The van der Waals surface area contributed by atoms with Crippen molar-refractivity contribution in [3.8, 4) is 5.75 Å². The second-order valence-corrected chi connectivity index (χ2v) is 7.39. The van der Waals surface area contributed by atoms with E-state index in [0.717, 1.165) is 6.07 Å². The molecule has 0 heterocycles. The summed E-state index contributed by atoms with van der Waals surface area (Å²) >= 11 is 0. The van der Waals surface area contributed by atoms with E-state index in [1.54, 1.807) is 13.8 Å². The van der Waals surface area contributed by atoms with Gasteiger partial charge in [-0.2, -0.15) is 4.39 Å². The lowest BCUT2D eigenvalue weighted by Gasteiger charge is -2.20. The first-order valence-electron chi connectivity index (χ1n) is 5.70. The molecular weight excluding hydrogens is 298 g/mol. The Morgan fingerprint density at radius 1 is 1.32 bits per heavy atom. The molecular formula is C12H15ClF2O3S. The van der Waals surface area contributed by atoms with Crippen molar-refractivity contribution in [1.82, 2.24) is 0 Å². The fraction of sp³-hybridized carbons (Fsp3) is 0.500. The van der Waals surface area contributed by atoms with E-state index in [1.165, 1.54) is 12.1 Å². The standard InChI is InChI=1S/C12H15ClF2O3S/c1-8(2)9(7-19(13,16)17)6-18-11-5-3-4-10(14)12(11)15/h3-5,8-9H,6-7H2,1-2H3. The van der Waals surface area contributed by atoms with Crippen LogP contribution in [-0.2, 0) is 9.05 Å². The van der Waals surface area contributed by atoms with Gasteiger partial charge in [-0.15, -0.1) is 0 Å². The van der Waals surface area contributed by atoms with E-state index in [2.05, 4.69) is 0 Å². The highest BCUT2D eigenvalue weighted by molar-refractivity contribution is 8.13. The maximum atomic E-state index is 13.3. The molecule has 1 rings (SSSR count). The molecule has 0 aromatic heterocycles. The summed E-state index contributed by atoms with van der Waals surface area (Å²) in [4.78, 5) is 0. The summed E-state index contributed by atoms with van der Waals surface area (Å²) in [5.74, 6) is -3.03. The van der Waals surface area contributed by atoms with Crippen molar-refractivity contribution in [3.05, 3.63) is 29.8 Å². The number of hydrogen-bond donors (Lipinski definition) is 0. The topological polar surface area (TPSA) is 43.4 Å². The van der Waals surface area contributed by atoms with Gasteiger partial charge in [0.15, 0.2) is 11.6 Å². The molecule has 7 heteroatoms. The van der Waals surface area contributed by atoms with Gasteiger partial charge in [-0.3, -0.25) is 0 Å². The van der Waals surface area contributed by atoms with Gasteiger partial charge >= 0.3 is 0 Å². The third kappa shape index (κ3) is 5.32. The fourth-order valence-electron chi connectivity index (χ4n) is 1.48. The molecule has 0 amide bonds. The van der Waals surface area contributed by atoms with Gasteiger partial charge in [0.2, 0.25) is 14.9 Å². The van der Waals surface area contributed by atoms with Crippen LogP contribution in [0.2, 0.25) is 0 Å². The van der Waals surface area contributed by atoms with E-state index < -0.39 is 26.6 Å². The quantitative estimate of drug-likeness (QED) is 0.758.